The summed E-state index contributed by atoms with van der Waals surface area (Å²) in [6.07, 6.45) is 1.29. The largest absolute Gasteiger partial charge is 0.396 e. The highest BCUT2D eigenvalue weighted by molar-refractivity contribution is 5.00. The van der Waals surface area contributed by atoms with Gasteiger partial charge in [0.15, 0.2) is 0 Å². The zero-order valence-corrected chi connectivity index (χ0v) is 5.51. The number of rotatable bonds is 1. The van der Waals surface area contributed by atoms with Gasteiger partial charge in [-0.15, -0.1) is 0 Å². The maximum absolute atomic E-state index is 8.81. The highest BCUT2D eigenvalue weighted by Crippen LogP contribution is 2.49. The topological polar surface area (TPSA) is 32.3 Å². The Kier molecular flexibility index (Phi) is 1.24. The number of hydrogen-bond donors (Lipinski definition) is 2. The van der Waals surface area contributed by atoms with Gasteiger partial charge in [0, 0.05) is 6.61 Å². The molecular weight excluding hydrogens is 114 g/mol. The number of fused-ring (bicyclic) bond motifs is 1. The van der Waals surface area contributed by atoms with Crippen LogP contribution in [0.5, 0.6) is 0 Å². The monoisotopic (exact) mass is 127 g/mol. The molecule has 0 radical (unpaired) electrons. The van der Waals surface area contributed by atoms with Crippen molar-refractivity contribution in [3.8, 4) is 0 Å². The van der Waals surface area contributed by atoms with Gasteiger partial charge in [-0.2, -0.15) is 0 Å². The Bertz CT molecular complexity index is 96.7. The minimum absolute atomic E-state index is 0.414. The molecular formula is C7H13NO. The standard InChI is InChI=1S/C7H13NO/c9-4-7-5-1-2-8-3-6(5)7/h5-9H,1-4H2/t5-,6+,7+/m0/s1. The normalized spacial score (nSPS) is 48.3. The maximum Gasteiger partial charge on any atom is 0.0465 e. The van der Waals surface area contributed by atoms with E-state index in [0.717, 1.165) is 24.9 Å². The Morgan fingerprint density at radius 1 is 1.44 bits per heavy atom. The lowest BCUT2D eigenvalue weighted by atomic mass is 10.2. The van der Waals surface area contributed by atoms with E-state index in [1.54, 1.807) is 0 Å². The number of aliphatic hydroxyl groups excluding tert-OH is 1. The second kappa shape index (κ2) is 1.96. The van der Waals surface area contributed by atoms with Gasteiger partial charge in [0.1, 0.15) is 0 Å². The van der Waals surface area contributed by atoms with Crippen LogP contribution >= 0.6 is 0 Å². The number of nitrogens with one attached hydrogen (secondary N) is 1. The molecule has 0 spiro atoms. The van der Waals surface area contributed by atoms with Crippen LogP contribution in [0.1, 0.15) is 6.42 Å². The van der Waals surface area contributed by atoms with Crippen LogP contribution in [0.2, 0.25) is 0 Å². The molecule has 0 bridgehead atoms. The van der Waals surface area contributed by atoms with Crippen LogP contribution < -0.4 is 5.32 Å². The molecule has 0 unspecified atom stereocenters. The van der Waals surface area contributed by atoms with Gasteiger partial charge in [0.05, 0.1) is 0 Å². The van der Waals surface area contributed by atoms with E-state index in [4.69, 9.17) is 5.11 Å². The van der Waals surface area contributed by atoms with E-state index in [1.165, 1.54) is 6.42 Å². The van der Waals surface area contributed by atoms with Gasteiger partial charge in [-0.25, -0.2) is 0 Å². The second-order valence-electron chi connectivity index (χ2n) is 3.17. The van der Waals surface area contributed by atoms with Gasteiger partial charge < -0.3 is 10.4 Å². The molecule has 2 rings (SSSR count). The maximum atomic E-state index is 8.81. The molecule has 0 amide bonds. The van der Waals surface area contributed by atoms with Crippen LogP contribution in [-0.4, -0.2) is 24.8 Å². The average molecular weight is 127 g/mol. The molecule has 2 fully saturated rings. The molecule has 0 aromatic carbocycles. The fourth-order valence-electron chi connectivity index (χ4n) is 2.06. The Labute approximate surface area is 55.3 Å². The van der Waals surface area contributed by atoms with Gasteiger partial charge in [-0.3, -0.25) is 0 Å². The molecule has 2 heteroatoms. The fourth-order valence-corrected chi connectivity index (χ4v) is 2.06. The predicted octanol–water partition coefficient (Wildman–Crippen LogP) is -0.166. The van der Waals surface area contributed by atoms with E-state index in [9.17, 15) is 0 Å². The van der Waals surface area contributed by atoms with Crippen molar-refractivity contribution in [2.24, 2.45) is 17.8 Å². The van der Waals surface area contributed by atoms with E-state index in [0.29, 0.717) is 12.5 Å². The third kappa shape index (κ3) is 0.775. The van der Waals surface area contributed by atoms with Crippen molar-refractivity contribution in [3.05, 3.63) is 0 Å². The molecule has 1 aliphatic carbocycles. The molecule has 2 nitrogen and oxygen atoms in total. The molecule has 1 saturated carbocycles. The molecule has 1 heterocycles. The first-order valence-corrected chi connectivity index (χ1v) is 3.75. The molecule has 2 aliphatic rings. The quantitative estimate of drug-likeness (QED) is 0.513. The SMILES string of the molecule is OC[C@@H]1[C@H]2CCNC[C@@H]12. The summed E-state index contributed by atoms with van der Waals surface area (Å²) in [6.45, 7) is 2.73. The van der Waals surface area contributed by atoms with E-state index in [-0.39, 0.29) is 0 Å². The summed E-state index contributed by atoms with van der Waals surface area (Å²) in [5, 5.41) is 12.1. The van der Waals surface area contributed by atoms with E-state index in [2.05, 4.69) is 5.32 Å². The number of aliphatic hydroxyl groups is 1. The molecule has 52 valence electrons. The van der Waals surface area contributed by atoms with Crippen molar-refractivity contribution in [1.29, 1.82) is 0 Å². The zero-order chi connectivity index (χ0) is 6.27. The van der Waals surface area contributed by atoms with Crippen LogP contribution in [-0.2, 0) is 0 Å². The van der Waals surface area contributed by atoms with Crippen LogP contribution in [0.25, 0.3) is 0 Å². The van der Waals surface area contributed by atoms with Gasteiger partial charge in [-0.05, 0) is 37.3 Å². The van der Waals surface area contributed by atoms with Crippen molar-refractivity contribution >= 4 is 0 Å². The Hall–Kier alpha value is -0.0800. The summed E-state index contributed by atoms with van der Waals surface area (Å²) in [4.78, 5) is 0. The van der Waals surface area contributed by atoms with Crippen molar-refractivity contribution < 1.29 is 5.11 Å². The van der Waals surface area contributed by atoms with Gasteiger partial charge in [0.2, 0.25) is 0 Å². The fraction of sp³-hybridized carbons (Fsp3) is 1.00. The molecule has 2 N–H and O–H groups in total. The van der Waals surface area contributed by atoms with E-state index >= 15 is 0 Å². The molecule has 1 aliphatic heterocycles. The summed E-state index contributed by atoms with van der Waals surface area (Å²) < 4.78 is 0. The lowest BCUT2D eigenvalue weighted by Gasteiger charge is -2.07. The van der Waals surface area contributed by atoms with Crippen molar-refractivity contribution in [2.45, 2.75) is 6.42 Å². The third-order valence-electron chi connectivity index (χ3n) is 2.75. The summed E-state index contributed by atoms with van der Waals surface area (Å²) in [6, 6.07) is 0. The second-order valence-corrected chi connectivity index (χ2v) is 3.17. The van der Waals surface area contributed by atoms with Crippen LogP contribution in [0.3, 0.4) is 0 Å². The summed E-state index contributed by atoms with van der Waals surface area (Å²) in [5.74, 6) is 2.35. The zero-order valence-electron chi connectivity index (χ0n) is 5.51. The molecule has 0 aromatic heterocycles. The highest BCUT2D eigenvalue weighted by Gasteiger charge is 2.49. The van der Waals surface area contributed by atoms with Crippen LogP contribution in [0, 0.1) is 17.8 Å². The minimum Gasteiger partial charge on any atom is -0.396 e. The first-order valence-electron chi connectivity index (χ1n) is 3.75. The number of piperidine rings is 1. The molecule has 1 saturated heterocycles. The minimum atomic E-state index is 0.414. The average Bonchev–Trinajstić information content (AvgIpc) is 2.60. The Morgan fingerprint density at radius 2 is 2.33 bits per heavy atom. The smallest absolute Gasteiger partial charge is 0.0465 e. The van der Waals surface area contributed by atoms with Gasteiger partial charge in [-0.1, -0.05) is 0 Å². The summed E-state index contributed by atoms with van der Waals surface area (Å²) >= 11 is 0. The lowest BCUT2D eigenvalue weighted by Crippen LogP contribution is -2.23. The van der Waals surface area contributed by atoms with Gasteiger partial charge >= 0.3 is 0 Å². The third-order valence-corrected chi connectivity index (χ3v) is 2.75. The van der Waals surface area contributed by atoms with Crippen molar-refractivity contribution in [2.75, 3.05) is 19.7 Å². The van der Waals surface area contributed by atoms with E-state index < -0.39 is 0 Å². The van der Waals surface area contributed by atoms with Crippen LogP contribution in [0.4, 0.5) is 0 Å². The first-order chi connectivity index (χ1) is 4.43. The van der Waals surface area contributed by atoms with Gasteiger partial charge in [0.25, 0.3) is 0 Å². The lowest BCUT2D eigenvalue weighted by molar-refractivity contribution is 0.264. The predicted molar refractivity (Wildman–Crippen MR) is 35.0 cm³/mol. The summed E-state index contributed by atoms with van der Waals surface area (Å²) in [7, 11) is 0. The molecule has 0 aromatic rings. The Balaban J connectivity index is 1.91. The van der Waals surface area contributed by atoms with Crippen molar-refractivity contribution in [3.63, 3.8) is 0 Å². The highest BCUT2D eigenvalue weighted by atomic mass is 16.3. The molecule has 3 atom stereocenters. The van der Waals surface area contributed by atoms with Crippen LogP contribution in [0.15, 0.2) is 0 Å². The number of hydrogen-bond acceptors (Lipinski definition) is 2. The van der Waals surface area contributed by atoms with E-state index in [1.807, 2.05) is 0 Å². The van der Waals surface area contributed by atoms with Crippen molar-refractivity contribution in [1.82, 2.24) is 5.32 Å². The summed E-state index contributed by atoms with van der Waals surface area (Å²) in [5.41, 5.74) is 0. The Morgan fingerprint density at radius 3 is 2.89 bits per heavy atom. The first kappa shape index (κ1) is 5.69. The molecule has 9 heavy (non-hydrogen) atoms.